The topological polar surface area (TPSA) is 57.3 Å². The van der Waals surface area contributed by atoms with Crippen molar-refractivity contribution >= 4 is 35.1 Å². The fourth-order valence-electron chi connectivity index (χ4n) is 5.60. The van der Waals surface area contributed by atoms with E-state index in [4.69, 9.17) is 11.6 Å². The first-order valence-corrected chi connectivity index (χ1v) is 14.6. The van der Waals surface area contributed by atoms with Crippen LogP contribution in [0, 0.1) is 5.82 Å². The molecule has 2 heterocycles. The molecule has 1 atom stereocenters. The summed E-state index contributed by atoms with van der Waals surface area (Å²) in [5.41, 5.74) is 2.00. The minimum atomic E-state index is -0.352. The number of hydrogen-bond donors (Lipinski definition) is 2. The van der Waals surface area contributed by atoms with E-state index < -0.39 is 0 Å². The first kappa shape index (κ1) is 27.4. The van der Waals surface area contributed by atoms with E-state index in [1.807, 2.05) is 24.1 Å². The van der Waals surface area contributed by atoms with Gasteiger partial charge in [-0.15, -0.1) is 0 Å². The Morgan fingerprint density at radius 2 is 2.03 bits per heavy atom. The van der Waals surface area contributed by atoms with E-state index in [9.17, 15) is 9.18 Å². The van der Waals surface area contributed by atoms with Crippen LogP contribution in [-0.2, 0) is 16.6 Å². The second kappa shape index (κ2) is 13.2. The molecule has 1 amide bonds. The SMILES string of the molecule is CCCSN1CCNCC1CCc1c(F)cncc1NC(=O)CC1(c2ccc(Cl)cc2)CCCCC1. The fourth-order valence-corrected chi connectivity index (χ4v) is 6.76. The number of rotatable bonds is 10. The molecule has 1 saturated carbocycles. The number of anilines is 1. The summed E-state index contributed by atoms with van der Waals surface area (Å²) in [5.74, 6) is 0.658. The highest BCUT2D eigenvalue weighted by Crippen LogP contribution is 2.43. The lowest BCUT2D eigenvalue weighted by Crippen LogP contribution is -2.48. The van der Waals surface area contributed by atoms with Gasteiger partial charge in [-0.1, -0.05) is 61.9 Å². The number of carbonyl (C=O) groups is 1. The lowest BCUT2D eigenvalue weighted by atomic mass is 9.67. The van der Waals surface area contributed by atoms with Gasteiger partial charge in [-0.25, -0.2) is 8.70 Å². The standard InChI is InChI=1S/C28H38ClFN4OS/c1-2-16-36-34-15-14-31-18-23(34)10-11-24-25(30)19-32-20-26(24)33-27(35)17-28(12-4-3-5-13-28)21-6-8-22(29)9-7-21/h6-9,19-20,23,31H,2-5,10-18H2,1H3,(H,33,35). The van der Waals surface area contributed by atoms with E-state index in [1.54, 1.807) is 6.20 Å². The maximum atomic E-state index is 14.9. The molecule has 1 aromatic heterocycles. The zero-order chi connectivity index (χ0) is 25.4. The Morgan fingerprint density at radius 3 is 2.78 bits per heavy atom. The number of aromatic nitrogens is 1. The predicted octanol–water partition coefficient (Wildman–Crippen LogP) is 6.37. The summed E-state index contributed by atoms with van der Waals surface area (Å²) in [6.07, 6.45) is 11.1. The van der Waals surface area contributed by atoms with Crippen molar-refractivity contribution in [3.63, 3.8) is 0 Å². The van der Waals surface area contributed by atoms with E-state index in [0.717, 1.165) is 69.5 Å². The van der Waals surface area contributed by atoms with Crippen molar-refractivity contribution in [1.29, 1.82) is 0 Å². The number of nitrogens with zero attached hydrogens (tertiary/aromatic N) is 2. The van der Waals surface area contributed by atoms with E-state index in [2.05, 4.69) is 39.0 Å². The molecule has 1 aromatic carbocycles. The van der Waals surface area contributed by atoms with Gasteiger partial charge in [0.05, 0.1) is 18.1 Å². The zero-order valence-corrected chi connectivity index (χ0v) is 22.8. The normalized spacial score (nSPS) is 20.2. The number of hydrogen-bond acceptors (Lipinski definition) is 5. The lowest BCUT2D eigenvalue weighted by Gasteiger charge is -2.37. The Balaban J connectivity index is 1.45. The molecule has 4 rings (SSSR count). The molecule has 196 valence electrons. The maximum Gasteiger partial charge on any atom is 0.225 e. The number of piperazine rings is 1. The molecule has 0 bridgehead atoms. The van der Waals surface area contributed by atoms with Crippen LogP contribution in [0.25, 0.3) is 0 Å². The van der Waals surface area contributed by atoms with Gasteiger partial charge in [0.15, 0.2) is 0 Å². The first-order valence-electron chi connectivity index (χ1n) is 13.3. The van der Waals surface area contributed by atoms with Gasteiger partial charge in [-0.2, -0.15) is 0 Å². The summed E-state index contributed by atoms with van der Waals surface area (Å²) >= 11 is 8.02. The van der Waals surface area contributed by atoms with Gasteiger partial charge in [0.2, 0.25) is 5.91 Å². The number of benzene rings is 1. The van der Waals surface area contributed by atoms with Gasteiger partial charge in [0.25, 0.3) is 0 Å². The Bertz CT molecular complexity index is 1000. The van der Waals surface area contributed by atoms with Crippen LogP contribution in [0.15, 0.2) is 36.7 Å². The largest absolute Gasteiger partial charge is 0.324 e. The molecule has 2 aromatic rings. The molecule has 1 aliphatic heterocycles. The van der Waals surface area contributed by atoms with Crippen molar-refractivity contribution in [2.75, 3.05) is 30.7 Å². The molecule has 2 N–H and O–H groups in total. The molecule has 1 saturated heterocycles. The quantitative estimate of drug-likeness (QED) is 0.348. The average Bonchev–Trinajstić information content (AvgIpc) is 2.88. The Hall–Kier alpha value is -1.67. The molecule has 2 aliphatic rings. The zero-order valence-electron chi connectivity index (χ0n) is 21.2. The highest BCUT2D eigenvalue weighted by atomic mass is 35.5. The molecular formula is C28H38ClFN4OS. The first-order chi connectivity index (χ1) is 17.5. The third kappa shape index (κ3) is 7.00. The Kier molecular flexibility index (Phi) is 10.1. The van der Waals surface area contributed by atoms with Crippen molar-refractivity contribution in [3.8, 4) is 0 Å². The van der Waals surface area contributed by atoms with Crippen molar-refractivity contribution in [1.82, 2.24) is 14.6 Å². The summed E-state index contributed by atoms with van der Waals surface area (Å²) in [5, 5.41) is 7.20. The molecule has 8 heteroatoms. The van der Waals surface area contributed by atoms with E-state index >= 15 is 0 Å². The monoisotopic (exact) mass is 532 g/mol. The van der Waals surface area contributed by atoms with Crippen LogP contribution >= 0.6 is 23.5 Å². The van der Waals surface area contributed by atoms with Crippen LogP contribution in [0.3, 0.4) is 0 Å². The van der Waals surface area contributed by atoms with Gasteiger partial charge >= 0.3 is 0 Å². The smallest absolute Gasteiger partial charge is 0.225 e. The third-order valence-electron chi connectivity index (χ3n) is 7.53. The number of halogens is 2. The number of carbonyl (C=O) groups excluding carboxylic acids is 1. The summed E-state index contributed by atoms with van der Waals surface area (Å²) in [4.78, 5) is 17.4. The summed E-state index contributed by atoms with van der Waals surface area (Å²) < 4.78 is 17.4. The van der Waals surface area contributed by atoms with Crippen molar-refractivity contribution < 1.29 is 9.18 Å². The molecule has 5 nitrogen and oxygen atoms in total. The van der Waals surface area contributed by atoms with Crippen LogP contribution < -0.4 is 10.6 Å². The predicted molar refractivity (Wildman–Crippen MR) is 148 cm³/mol. The van der Waals surface area contributed by atoms with Crippen LogP contribution in [-0.4, -0.2) is 46.6 Å². The number of nitrogens with one attached hydrogen (secondary N) is 2. The molecule has 2 fully saturated rings. The van der Waals surface area contributed by atoms with E-state index in [-0.39, 0.29) is 17.1 Å². The second-order valence-electron chi connectivity index (χ2n) is 10.1. The van der Waals surface area contributed by atoms with Crippen molar-refractivity contribution in [2.45, 2.75) is 76.2 Å². The lowest BCUT2D eigenvalue weighted by molar-refractivity contribution is -0.117. The fraction of sp³-hybridized carbons (Fsp3) is 0.571. The number of pyridine rings is 1. The Labute approximate surface area is 224 Å². The molecule has 1 aliphatic carbocycles. The van der Waals surface area contributed by atoms with Crippen LogP contribution in [0.1, 0.15) is 69.4 Å². The number of amides is 1. The highest BCUT2D eigenvalue weighted by Gasteiger charge is 2.36. The van der Waals surface area contributed by atoms with Crippen LogP contribution in [0.5, 0.6) is 0 Å². The van der Waals surface area contributed by atoms with Gasteiger partial charge in [-0.3, -0.25) is 9.78 Å². The summed E-state index contributed by atoms with van der Waals surface area (Å²) in [6.45, 7) is 5.06. The average molecular weight is 533 g/mol. The van der Waals surface area contributed by atoms with Gasteiger partial charge in [0, 0.05) is 53.9 Å². The van der Waals surface area contributed by atoms with Gasteiger partial charge in [0.1, 0.15) is 5.82 Å². The maximum absolute atomic E-state index is 14.9. The minimum absolute atomic E-state index is 0.0834. The van der Waals surface area contributed by atoms with Crippen molar-refractivity contribution in [2.24, 2.45) is 0 Å². The summed E-state index contributed by atoms with van der Waals surface area (Å²) in [6, 6.07) is 8.25. The van der Waals surface area contributed by atoms with Gasteiger partial charge in [-0.05, 0) is 49.8 Å². The molecule has 36 heavy (non-hydrogen) atoms. The molecule has 0 radical (unpaired) electrons. The highest BCUT2D eigenvalue weighted by molar-refractivity contribution is 7.97. The molecular weight excluding hydrogens is 495 g/mol. The molecule has 0 spiro atoms. The van der Waals surface area contributed by atoms with Crippen molar-refractivity contribution in [3.05, 3.63) is 58.6 Å². The third-order valence-corrected chi connectivity index (χ3v) is 9.19. The summed E-state index contributed by atoms with van der Waals surface area (Å²) in [7, 11) is 0. The van der Waals surface area contributed by atoms with Crippen LogP contribution in [0.2, 0.25) is 5.02 Å². The minimum Gasteiger partial charge on any atom is -0.324 e. The Morgan fingerprint density at radius 1 is 1.25 bits per heavy atom. The van der Waals surface area contributed by atoms with Crippen LogP contribution in [0.4, 0.5) is 10.1 Å². The second-order valence-corrected chi connectivity index (χ2v) is 11.7. The molecule has 1 unspecified atom stereocenters. The van der Waals surface area contributed by atoms with Gasteiger partial charge < -0.3 is 10.6 Å². The van der Waals surface area contributed by atoms with E-state index in [0.29, 0.717) is 35.2 Å². The van der Waals surface area contributed by atoms with E-state index in [1.165, 1.54) is 12.6 Å².